The van der Waals surface area contributed by atoms with Crippen molar-refractivity contribution in [1.82, 2.24) is 19.9 Å². The molecular formula is C28H33N5O. The van der Waals surface area contributed by atoms with Gasteiger partial charge in [-0.2, -0.15) is 0 Å². The summed E-state index contributed by atoms with van der Waals surface area (Å²) in [5.74, 6) is 0.863. The van der Waals surface area contributed by atoms with Gasteiger partial charge in [0.05, 0.1) is 23.8 Å². The third kappa shape index (κ3) is 4.23. The van der Waals surface area contributed by atoms with Crippen LogP contribution in [0.2, 0.25) is 0 Å². The first kappa shape index (κ1) is 21.4. The largest absolute Gasteiger partial charge is 0.370 e. The average Bonchev–Trinajstić information content (AvgIpc) is 3.25. The third-order valence-electron chi connectivity index (χ3n) is 7.64. The van der Waals surface area contributed by atoms with Gasteiger partial charge in [-0.3, -0.25) is 9.78 Å². The van der Waals surface area contributed by atoms with Gasteiger partial charge in [-0.25, -0.2) is 0 Å². The second kappa shape index (κ2) is 9.26. The van der Waals surface area contributed by atoms with Gasteiger partial charge >= 0.3 is 0 Å². The van der Waals surface area contributed by atoms with Crippen LogP contribution >= 0.6 is 0 Å². The number of hydrogen-bond acceptors (Lipinski definition) is 4. The second-order valence-electron chi connectivity index (χ2n) is 10.1. The first-order chi connectivity index (χ1) is 16.7. The summed E-state index contributed by atoms with van der Waals surface area (Å²) in [5, 5.41) is 6.51. The minimum Gasteiger partial charge on any atom is -0.370 e. The van der Waals surface area contributed by atoms with E-state index in [2.05, 4.69) is 50.5 Å². The monoisotopic (exact) mass is 455 g/mol. The van der Waals surface area contributed by atoms with Crippen molar-refractivity contribution in [3.05, 3.63) is 70.5 Å². The molecule has 0 atom stereocenters. The molecule has 1 saturated carbocycles. The molecule has 0 bridgehead atoms. The van der Waals surface area contributed by atoms with Gasteiger partial charge in [-0.05, 0) is 73.7 Å². The van der Waals surface area contributed by atoms with E-state index >= 15 is 0 Å². The summed E-state index contributed by atoms with van der Waals surface area (Å²) in [5.41, 5.74) is 4.57. The van der Waals surface area contributed by atoms with Crippen molar-refractivity contribution in [1.29, 1.82) is 0 Å². The molecule has 1 aliphatic heterocycles. The van der Waals surface area contributed by atoms with Crippen LogP contribution in [0, 0.1) is 5.92 Å². The number of piperidine rings is 1. The zero-order valence-corrected chi connectivity index (χ0v) is 19.7. The predicted octanol–water partition coefficient (Wildman–Crippen LogP) is 4.81. The Morgan fingerprint density at radius 1 is 1.00 bits per heavy atom. The molecule has 34 heavy (non-hydrogen) atoms. The Morgan fingerprint density at radius 2 is 1.88 bits per heavy atom. The summed E-state index contributed by atoms with van der Waals surface area (Å²) in [6.45, 7) is 4.61. The average molecular weight is 456 g/mol. The molecule has 2 fully saturated rings. The first-order valence-corrected chi connectivity index (χ1v) is 12.8. The number of pyridine rings is 2. The topological polar surface area (TPSA) is 66.0 Å². The number of nitrogens with one attached hydrogen (secondary N) is 2. The number of hydrogen-bond donors (Lipinski definition) is 2. The number of aromatic nitrogens is 3. The SMILES string of the molecule is O=c1c2cncc(N3CCCCC3)c2ccn1Cc1ccc2cc(CNCC3CCC3)[nH]c2c1. The summed E-state index contributed by atoms with van der Waals surface area (Å²) in [6.07, 6.45) is 13.4. The molecule has 0 amide bonds. The molecule has 6 heteroatoms. The van der Waals surface area contributed by atoms with E-state index in [1.807, 2.05) is 12.4 Å². The summed E-state index contributed by atoms with van der Waals surface area (Å²) >= 11 is 0. The molecule has 1 saturated heterocycles. The van der Waals surface area contributed by atoms with Crippen LogP contribution in [0.4, 0.5) is 5.69 Å². The lowest BCUT2D eigenvalue weighted by molar-refractivity contribution is 0.301. The van der Waals surface area contributed by atoms with Crippen molar-refractivity contribution < 1.29 is 0 Å². The Kier molecular flexibility index (Phi) is 5.83. The molecule has 4 heterocycles. The number of nitrogens with zero attached hydrogens (tertiary/aromatic N) is 3. The van der Waals surface area contributed by atoms with Crippen LogP contribution in [0.25, 0.3) is 21.7 Å². The minimum absolute atomic E-state index is 0.0244. The van der Waals surface area contributed by atoms with E-state index in [0.29, 0.717) is 11.9 Å². The van der Waals surface area contributed by atoms with Crippen LogP contribution < -0.4 is 15.8 Å². The quantitative estimate of drug-likeness (QED) is 0.420. The molecule has 0 unspecified atom stereocenters. The molecule has 6 rings (SSSR count). The van der Waals surface area contributed by atoms with Gasteiger partial charge in [-0.15, -0.1) is 0 Å². The highest BCUT2D eigenvalue weighted by molar-refractivity contribution is 5.92. The standard InChI is InChI=1S/C28H33N5O/c34-28-25-17-30-18-27(32-10-2-1-3-11-32)24(25)9-12-33(28)19-21-7-8-22-14-23(31-26(22)13-21)16-29-15-20-5-4-6-20/h7-9,12-14,17-18,20,29,31H,1-6,10-11,15-16,19H2. The number of aromatic amines is 1. The van der Waals surface area contributed by atoms with Crippen molar-refractivity contribution >= 4 is 27.4 Å². The van der Waals surface area contributed by atoms with E-state index in [1.54, 1.807) is 10.8 Å². The molecule has 1 aromatic carbocycles. The zero-order valence-electron chi connectivity index (χ0n) is 19.7. The Bertz CT molecular complexity index is 1360. The van der Waals surface area contributed by atoms with Crippen molar-refractivity contribution in [2.24, 2.45) is 5.92 Å². The van der Waals surface area contributed by atoms with Crippen LogP contribution in [0.5, 0.6) is 0 Å². The fourth-order valence-electron chi connectivity index (χ4n) is 5.44. The van der Waals surface area contributed by atoms with Crippen molar-refractivity contribution in [3.63, 3.8) is 0 Å². The van der Waals surface area contributed by atoms with E-state index < -0.39 is 0 Å². The number of benzene rings is 1. The van der Waals surface area contributed by atoms with Crippen LogP contribution in [-0.2, 0) is 13.1 Å². The van der Waals surface area contributed by atoms with Crippen molar-refractivity contribution in [3.8, 4) is 0 Å². The first-order valence-electron chi connectivity index (χ1n) is 12.8. The van der Waals surface area contributed by atoms with Gasteiger partial charge in [0.2, 0.25) is 0 Å². The van der Waals surface area contributed by atoms with Gasteiger partial charge in [0.25, 0.3) is 5.56 Å². The van der Waals surface area contributed by atoms with Crippen molar-refractivity contribution in [2.75, 3.05) is 24.5 Å². The van der Waals surface area contributed by atoms with Gasteiger partial charge in [0, 0.05) is 48.6 Å². The van der Waals surface area contributed by atoms with Gasteiger partial charge in [0.15, 0.2) is 0 Å². The van der Waals surface area contributed by atoms with E-state index in [4.69, 9.17) is 0 Å². The Labute approximate surface area is 200 Å². The molecule has 2 aliphatic rings. The van der Waals surface area contributed by atoms with E-state index in [0.717, 1.165) is 54.3 Å². The maximum Gasteiger partial charge on any atom is 0.260 e. The van der Waals surface area contributed by atoms with Crippen LogP contribution in [0.1, 0.15) is 49.8 Å². The number of anilines is 1. The Hall–Kier alpha value is -3.12. The Morgan fingerprint density at radius 3 is 2.71 bits per heavy atom. The number of fused-ring (bicyclic) bond motifs is 2. The van der Waals surface area contributed by atoms with Crippen LogP contribution in [0.15, 0.2) is 53.7 Å². The Balaban J connectivity index is 1.22. The zero-order chi connectivity index (χ0) is 22.9. The lowest BCUT2D eigenvalue weighted by Crippen LogP contribution is -2.30. The van der Waals surface area contributed by atoms with Gasteiger partial charge in [0.1, 0.15) is 0 Å². The molecule has 4 aromatic rings. The number of H-pyrrole nitrogens is 1. The molecule has 6 nitrogen and oxygen atoms in total. The van der Waals surface area contributed by atoms with Gasteiger partial charge in [-0.1, -0.05) is 18.6 Å². The lowest BCUT2D eigenvalue weighted by Gasteiger charge is -2.29. The maximum absolute atomic E-state index is 13.3. The molecule has 3 aromatic heterocycles. The third-order valence-corrected chi connectivity index (χ3v) is 7.64. The minimum atomic E-state index is 0.0244. The van der Waals surface area contributed by atoms with Crippen LogP contribution in [0.3, 0.4) is 0 Å². The highest BCUT2D eigenvalue weighted by Crippen LogP contribution is 2.27. The molecule has 2 N–H and O–H groups in total. The molecule has 0 radical (unpaired) electrons. The number of rotatable bonds is 7. The fourth-order valence-corrected chi connectivity index (χ4v) is 5.44. The molecule has 1 aliphatic carbocycles. The lowest BCUT2D eigenvalue weighted by atomic mass is 9.85. The van der Waals surface area contributed by atoms with Crippen LogP contribution in [-0.4, -0.2) is 34.2 Å². The smallest absolute Gasteiger partial charge is 0.260 e. The highest BCUT2D eigenvalue weighted by Gasteiger charge is 2.17. The van der Waals surface area contributed by atoms with Gasteiger partial charge < -0.3 is 19.8 Å². The predicted molar refractivity (Wildman–Crippen MR) is 139 cm³/mol. The van der Waals surface area contributed by atoms with E-state index in [1.165, 1.54) is 49.6 Å². The summed E-state index contributed by atoms with van der Waals surface area (Å²) < 4.78 is 1.80. The summed E-state index contributed by atoms with van der Waals surface area (Å²) in [7, 11) is 0. The normalized spacial score (nSPS) is 16.9. The summed E-state index contributed by atoms with van der Waals surface area (Å²) in [6, 6.07) is 10.8. The van der Waals surface area contributed by atoms with Crippen molar-refractivity contribution in [2.45, 2.75) is 51.6 Å². The maximum atomic E-state index is 13.3. The summed E-state index contributed by atoms with van der Waals surface area (Å²) in [4.78, 5) is 23.7. The molecular weight excluding hydrogens is 422 g/mol. The van der Waals surface area contributed by atoms with E-state index in [9.17, 15) is 4.79 Å². The highest BCUT2D eigenvalue weighted by atomic mass is 16.1. The fraction of sp³-hybridized carbons (Fsp3) is 0.429. The molecule has 176 valence electrons. The van der Waals surface area contributed by atoms with E-state index in [-0.39, 0.29) is 5.56 Å². The second-order valence-corrected chi connectivity index (χ2v) is 10.1. The molecule has 0 spiro atoms.